The highest BCUT2D eigenvalue weighted by Gasteiger charge is 2.27. The summed E-state index contributed by atoms with van der Waals surface area (Å²) in [6.45, 7) is 13.4. The van der Waals surface area contributed by atoms with Crippen LogP contribution in [-0.4, -0.2) is 44.5 Å². The van der Waals surface area contributed by atoms with Gasteiger partial charge in [-0.15, -0.1) is 0 Å². The summed E-state index contributed by atoms with van der Waals surface area (Å²) in [5, 5.41) is 7.93. The van der Waals surface area contributed by atoms with Gasteiger partial charge in [-0.1, -0.05) is 24.3 Å². The van der Waals surface area contributed by atoms with E-state index in [1.54, 1.807) is 0 Å². The lowest BCUT2D eigenvalue weighted by atomic mass is 10.1. The molecule has 1 aliphatic heterocycles. The van der Waals surface area contributed by atoms with Gasteiger partial charge < -0.3 is 5.32 Å². The SMILES string of the molecule is Cc1ccccc1CN1CC[C@@H](c2cc3nc(C)c(CCC(=O)NC(C)C)c(C)n3n2)C1. The van der Waals surface area contributed by atoms with Crippen molar-refractivity contribution in [3.05, 3.63) is 64.1 Å². The van der Waals surface area contributed by atoms with Crippen molar-refractivity contribution in [1.82, 2.24) is 24.8 Å². The molecule has 6 nitrogen and oxygen atoms in total. The van der Waals surface area contributed by atoms with Crippen molar-refractivity contribution >= 4 is 11.6 Å². The van der Waals surface area contributed by atoms with Gasteiger partial charge in [0.05, 0.1) is 5.69 Å². The van der Waals surface area contributed by atoms with Crippen LogP contribution in [0.15, 0.2) is 30.3 Å². The van der Waals surface area contributed by atoms with Crippen LogP contribution in [0.3, 0.4) is 0 Å². The van der Waals surface area contributed by atoms with Crippen molar-refractivity contribution in [3.63, 3.8) is 0 Å². The first kappa shape index (κ1) is 22.5. The van der Waals surface area contributed by atoms with E-state index in [-0.39, 0.29) is 11.9 Å². The Morgan fingerprint density at radius 3 is 2.75 bits per heavy atom. The number of benzene rings is 1. The van der Waals surface area contributed by atoms with Gasteiger partial charge in [0.25, 0.3) is 0 Å². The number of carbonyl (C=O) groups excluding carboxylic acids is 1. The van der Waals surface area contributed by atoms with Crippen molar-refractivity contribution < 1.29 is 4.79 Å². The Kier molecular flexibility index (Phi) is 6.60. The Hall–Kier alpha value is -2.73. The van der Waals surface area contributed by atoms with Crippen molar-refractivity contribution in [1.29, 1.82) is 0 Å². The summed E-state index contributed by atoms with van der Waals surface area (Å²) in [6.07, 6.45) is 2.27. The van der Waals surface area contributed by atoms with Gasteiger partial charge in [0.1, 0.15) is 0 Å². The van der Waals surface area contributed by atoms with Crippen LogP contribution in [0.5, 0.6) is 0 Å². The fourth-order valence-corrected chi connectivity index (χ4v) is 4.78. The smallest absolute Gasteiger partial charge is 0.220 e. The van der Waals surface area contributed by atoms with Crippen LogP contribution in [0.25, 0.3) is 5.65 Å². The van der Waals surface area contributed by atoms with Crippen LogP contribution >= 0.6 is 0 Å². The minimum atomic E-state index is 0.0831. The van der Waals surface area contributed by atoms with Crippen molar-refractivity contribution in [2.75, 3.05) is 13.1 Å². The molecule has 0 unspecified atom stereocenters. The summed E-state index contributed by atoms with van der Waals surface area (Å²) in [7, 11) is 0. The monoisotopic (exact) mass is 433 g/mol. The van der Waals surface area contributed by atoms with Gasteiger partial charge in [-0.05, 0) is 70.7 Å². The topological polar surface area (TPSA) is 62.5 Å². The molecule has 170 valence electrons. The van der Waals surface area contributed by atoms with Gasteiger partial charge in [-0.25, -0.2) is 9.50 Å². The molecule has 4 rings (SSSR count). The van der Waals surface area contributed by atoms with E-state index in [1.807, 2.05) is 25.3 Å². The van der Waals surface area contributed by atoms with Crippen molar-refractivity contribution in [2.45, 2.75) is 72.4 Å². The molecule has 0 spiro atoms. The minimum Gasteiger partial charge on any atom is -0.354 e. The number of likely N-dealkylation sites (tertiary alicyclic amines) is 1. The molecule has 1 saturated heterocycles. The van der Waals surface area contributed by atoms with Crippen molar-refractivity contribution in [3.8, 4) is 0 Å². The molecule has 3 aromatic rings. The first-order chi connectivity index (χ1) is 15.3. The molecule has 0 saturated carbocycles. The molecule has 1 fully saturated rings. The lowest BCUT2D eigenvalue weighted by Crippen LogP contribution is -2.30. The van der Waals surface area contributed by atoms with E-state index in [4.69, 9.17) is 10.1 Å². The summed E-state index contributed by atoms with van der Waals surface area (Å²) < 4.78 is 1.97. The van der Waals surface area contributed by atoms with E-state index in [9.17, 15) is 4.79 Å². The van der Waals surface area contributed by atoms with Gasteiger partial charge in [-0.3, -0.25) is 9.69 Å². The Balaban J connectivity index is 1.48. The van der Waals surface area contributed by atoms with Crippen LogP contribution in [0.4, 0.5) is 0 Å². The largest absolute Gasteiger partial charge is 0.354 e. The highest BCUT2D eigenvalue weighted by Crippen LogP contribution is 2.29. The second-order valence-corrected chi connectivity index (χ2v) is 9.47. The zero-order valence-corrected chi connectivity index (χ0v) is 20.0. The first-order valence-electron chi connectivity index (χ1n) is 11.7. The van der Waals surface area contributed by atoms with Crippen LogP contribution in [-0.2, 0) is 17.8 Å². The van der Waals surface area contributed by atoms with E-state index in [2.05, 4.69) is 54.4 Å². The Bertz CT molecular complexity index is 1120. The van der Waals surface area contributed by atoms with Crippen LogP contribution in [0.2, 0.25) is 0 Å². The minimum absolute atomic E-state index is 0.0831. The Morgan fingerprint density at radius 2 is 2.00 bits per heavy atom. The van der Waals surface area contributed by atoms with E-state index >= 15 is 0 Å². The average Bonchev–Trinajstić information content (AvgIpc) is 3.36. The molecule has 0 bridgehead atoms. The lowest BCUT2D eigenvalue weighted by Gasteiger charge is -2.17. The van der Waals surface area contributed by atoms with E-state index < -0.39 is 0 Å². The number of amides is 1. The number of nitrogens with one attached hydrogen (secondary N) is 1. The number of nitrogens with zero attached hydrogens (tertiary/aromatic N) is 4. The number of hydrogen-bond donors (Lipinski definition) is 1. The number of aromatic nitrogens is 3. The zero-order valence-electron chi connectivity index (χ0n) is 20.0. The standard InChI is InChI=1S/C26H35N5O/c1-17(2)27-26(32)11-10-23-19(4)28-25-14-24(29-31(25)20(23)5)22-12-13-30(16-22)15-21-9-7-6-8-18(21)3/h6-9,14,17,22H,10-13,15-16H2,1-5H3,(H,27,32)/t22-/m1/s1. The maximum atomic E-state index is 12.1. The van der Waals surface area contributed by atoms with Gasteiger partial charge in [-0.2, -0.15) is 5.10 Å². The molecule has 32 heavy (non-hydrogen) atoms. The molecule has 1 aliphatic rings. The molecule has 3 heterocycles. The number of carbonyl (C=O) groups is 1. The fourth-order valence-electron chi connectivity index (χ4n) is 4.78. The quantitative estimate of drug-likeness (QED) is 0.609. The fraction of sp³-hybridized carbons (Fsp3) is 0.500. The normalized spacial score (nSPS) is 16.9. The van der Waals surface area contributed by atoms with E-state index in [0.29, 0.717) is 18.8 Å². The van der Waals surface area contributed by atoms with Gasteiger partial charge in [0.2, 0.25) is 5.91 Å². The summed E-state index contributed by atoms with van der Waals surface area (Å²) in [4.78, 5) is 19.5. The predicted octanol–water partition coefficient (Wildman–Crippen LogP) is 4.10. The Morgan fingerprint density at radius 1 is 1.22 bits per heavy atom. The Labute approximate surface area is 191 Å². The second kappa shape index (κ2) is 9.41. The third-order valence-corrected chi connectivity index (χ3v) is 6.58. The molecule has 2 aromatic heterocycles. The van der Waals surface area contributed by atoms with E-state index in [0.717, 1.165) is 54.3 Å². The maximum absolute atomic E-state index is 12.1. The number of hydrogen-bond acceptors (Lipinski definition) is 4. The maximum Gasteiger partial charge on any atom is 0.220 e. The molecule has 6 heteroatoms. The average molecular weight is 434 g/mol. The highest BCUT2D eigenvalue weighted by molar-refractivity contribution is 5.76. The van der Waals surface area contributed by atoms with Crippen LogP contribution in [0.1, 0.15) is 66.4 Å². The summed E-state index contributed by atoms with van der Waals surface area (Å²) >= 11 is 0. The van der Waals surface area contributed by atoms with Gasteiger partial charge in [0.15, 0.2) is 5.65 Å². The van der Waals surface area contributed by atoms with Crippen LogP contribution < -0.4 is 5.32 Å². The number of aryl methyl sites for hydroxylation is 3. The molecule has 1 N–H and O–H groups in total. The molecule has 1 atom stereocenters. The summed E-state index contributed by atoms with van der Waals surface area (Å²) in [5.74, 6) is 0.514. The molecule has 1 amide bonds. The summed E-state index contributed by atoms with van der Waals surface area (Å²) in [6, 6.07) is 11.0. The lowest BCUT2D eigenvalue weighted by molar-refractivity contribution is -0.121. The molecule has 1 aromatic carbocycles. The summed E-state index contributed by atoms with van der Waals surface area (Å²) in [5.41, 5.74) is 8.00. The third-order valence-electron chi connectivity index (χ3n) is 6.58. The predicted molar refractivity (Wildman–Crippen MR) is 128 cm³/mol. The first-order valence-corrected chi connectivity index (χ1v) is 11.7. The number of rotatable bonds is 7. The molecular weight excluding hydrogens is 398 g/mol. The zero-order chi connectivity index (χ0) is 22.8. The molecular formula is C26H35N5O. The second-order valence-electron chi connectivity index (χ2n) is 9.47. The molecule has 0 radical (unpaired) electrons. The van der Waals surface area contributed by atoms with Crippen molar-refractivity contribution in [2.24, 2.45) is 0 Å². The third kappa shape index (κ3) is 4.85. The number of fused-ring (bicyclic) bond motifs is 1. The van der Waals surface area contributed by atoms with Gasteiger partial charge >= 0.3 is 0 Å². The van der Waals surface area contributed by atoms with Crippen LogP contribution in [0, 0.1) is 20.8 Å². The molecule has 0 aliphatic carbocycles. The highest BCUT2D eigenvalue weighted by atomic mass is 16.1. The van der Waals surface area contributed by atoms with E-state index in [1.165, 1.54) is 11.1 Å². The van der Waals surface area contributed by atoms with Gasteiger partial charge in [0, 0.05) is 48.9 Å².